The smallest absolute Gasteiger partial charge is 0.293 e. The van der Waals surface area contributed by atoms with Crippen molar-refractivity contribution in [2.24, 2.45) is 0 Å². The molecule has 2 heterocycles. The van der Waals surface area contributed by atoms with Crippen LogP contribution < -0.4 is 15.2 Å². The Kier molecular flexibility index (Phi) is 7.04. The lowest BCUT2D eigenvalue weighted by molar-refractivity contribution is -0.384. The molecule has 0 saturated carbocycles. The minimum absolute atomic E-state index is 0.0184. The molecule has 1 fully saturated rings. The normalized spacial score (nSPS) is 15.3. The van der Waals surface area contributed by atoms with Crippen LogP contribution in [-0.2, 0) is 16.7 Å². The van der Waals surface area contributed by atoms with Gasteiger partial charge in [0.25, 0.3) is 11.2 Å². The van der Waals surface area contributed by atoms with Gasteiger partial charge in [-0.1, -0.05) is 32.9 Å². The van der Waals surface area contributed by atoms with Crippen molar-refractivity contribution in [1.29, 1.82) is 0 Å². The Hall–Kier alpha value is -3.50. The Morgan fingerprint density at radius 3 is 2.51 bits per heavy atom. The standard InChI is InChI=1S/C25H30N4O6/c1-25(2,3)17-4-6-19(7-5-17)35-15-18(30)14-28-16-26-21-13-22(27-8-10-34-11-9-27)23(29(32)33)12-20(21)24(28)31/h4-7,12-13,16,18,30H,8-11,14-15H2,1-3H3/t18-/m1/s1. The molecule has 35 heavy (non-hydrogen) atoms. The fourth-order valence-electron chi connectivity index (χ4n) is 4.04. The number of aromatic nitrogens is 2. The van der Waals surface area contributed by atoms with Crippen LogP contribution in [0.25, 0.3) is 10.9 Å². The van der Waals surface area contributed by atoms with Crippen molar-refractivity contribution in [1.82, 2.24) is 9.55 Å². The molecular weight excluding hydrogens is 452 g/mol. The van der Waals surface area contributed by atoms with E-state index in [0.29, 0.717) is 43.3 Å². The largest absolute Gasteiger partial charge is 0.491 e. The van der Waals surface area contributed by atoms with E-state index in [-0.39, 0.29) is 29.6 Å². The molecule has 1 aliphatic rings. The van der Waals surface area contributed by atoms with Gasteiger partial charge in [-0.05, 0) is 29.2 Å². The lowest BCUT2D eigenvalue weighted by atomic mass is 9.87. The van der Waals surface area contributed by atoms with Gasteiger partial charge < -0.3 is 19.5 Å². The molecule has 0 radical (unpaired) electrons. The van der Waals surface area contributed by atoms with E-state index >= 15 is 0 Å². The first-order chi connectivity index (χ1) is 16.6. The van der Waals surface area contributed by atoms with E-state index < -0.39 is 16.6 Å². The Bertz CT molecular complexity index is 1260. The first kappa shape index (κ1) is 24.6. The number of morpholine rings is 1. The molecule has 2 aromatic carbocycles. The zero-order chi connectivity index (χ0) is 25.2. The maximum absolute atomic E-state index is 13.0. The van der Waals surface area contributed by atoms with Crippen LogP contribution in [0, 0.1) is 10.1 Å². The zero-order valence-electron chi connectivity index (χ0n) is 20.1. The quantitative estimate of drug-likeness (QED) is 0.403. The van der Waals surface area contributed by atoms with Crippen LogP contribution in [0.2, 0.25) is 0 Å². The second-order valence-electron chi connectivity index (χ2n) is 9.66. The van der Waals surface area contributed by atoms with Crippen molar-refractivity contribution in [3.8, 4) is 5.75 Å². The van der Waals surface area contributed by atoms with Crippen LogP contribution in [0.5, 0.6) is 5.75 Å². The van der Waals surface area contributed by atoms with Gasteiger partial charge in [0, 0.05) is 19.2 Å². The van der Waals surface area contributed by atoms with Crippen molar-refractivity contribution in [2.75, 3.05) is 37.8 Å². The monoisotopic (exact) mass is 482 g/mol. The first-order valence-electron chi connectivity index (χ1n) is 11.5. The highest BCUT2D eigenvalue weighted by Gasteiger charge is 2.24. The van der Waals surface area contributed by atoms with Crippen LogP contribution in [0.3, 0.4) is 0 Å². The summed E-state index contributed by atoms with van der Waals surface area (Å²) in [4.78, 5) is 30.5. The van der Waals surface area contributed by atoms with Gasteiger partial charge in [0.05, 0.1) is 41.9 Å². The molecule has 10 heteroatoms. The van der Waals surface area contributed by atoms with Gasteiger partial charge in [0.15, 0.2) is 0 Å². The van der Waals surface area contributed by atoms with Gasteiger partial charge >= 0.3 is 0 Å². The topological polar surface area (TPSA) is 120 Å². The number of nitrogens with zero attached hydrogens (tertiary/aromatic N) is 4. The Labute approximate surface area is 202 Å². The fourth-order valence-corrected chi connectivity index (χ4v) is 4.04. The lowest BCUT2D eigenvalue weighted by Gasteiger charge is -2.28. The number of ether oxygens (including phenoxy) is 2. The third kappa shape index (κ3) is 5.60. The Morgan fingerprint density at radius 1 is 1.20 bits per heavy atom. The number of hydrogen-bond acceptors (Lipinski definition) is 8. The van der Waals surface area contributed by atoms with E-state index in [1.54, 1.807) is 6.07 Å². The molecule has 10 nitrogen and oxygen atoms in total. The number of nitro groups is 1. The summed E-state index contributed by atoms with van der Waals surface area (Å²) < 4.78 is 12.3. The molecule has 0 aliphatic carbocycles. The Morgan fingerprint density at radius 2 is 1.89 bits per heavy atom. The van der Waals surface area contributed by atoms with Crippen LogP contribution >= 0.6 is 0 Å². The summed E-state index contributed by atoms with van der Waals surface area (Å²) in [5.74, 6) is 0.618. The highest BCUT2D eigenvalue weighted by molar-refractivity contribution is 5.87. The molecule has 1 aromatic heterocycles. The summed E-state index contributed by atoms with van der Waals surface area (Å²) in [7, 11) is 0. The van der Waals surface area contributed by atoms with Crippen LogP contribution in [0.15, 0.2) is 47.5 Å². The number of nitro benzene ring substituents is 1. The average molecular weight is 483 g/mol. The van der Waals surface area contributed by atoms with Gasteiger partial charge in [-0.25, -0.2) is 4.98 Å². The van der Waals surface area contributed by atoms with Gasteiger partial charge in [-0.3, -0.25) is 19.5 Å². The molecule has 0 amide bonds. The zero-order valence-corrected chi connectivity index (χ0v) is 20.1. The SMILES string of the molecule is CC(C)(C)c1ccc(OC[C@H](O)Cn2cnc3cc(N4CCOCC4)c([N+](=O)[O-])cc3c2=O)cc1. The van der Waals surface area contributed by atoms with E-state index in [4.69, 9.17) is 9.47 Å². The van der Waals surface area contributed by atoms with Crippen molar-refractivity contribution in [2.45, 2.75) is 38.8 Å². The van der Waals surface area contributed by atoms with Crippen LogP contribution in [0.1, 0.15) is 26.3 Å². The van der Waals surface area contributed by atoms with Crippen molar-refractivity contribution in [3.63, 3.8) is 0 Å². The third-order valence-electron chi connectivity index (χ3n) is 6.04. The number of aliphatic hydroxyl groups excluding tert-OH is 1. The molecule has 1 saturated heterocycles. The van der Waals surface area contributed by atoms with Gasteiger partial charge in [0.2, 0.25) is 0 Å². The predicted molar refractivity (Wildman–Crippen MR) is 132 cm³/mol. The van der Waals surface area contributed by atoms with E-state index in [9.17, 15) is 20.0 Å². The summed E-state index contributed by atoms with van der Waals surface area (Å²) in [6.45, 7) is 8.30. The first-order valence-corrected chi connectivity index (χ1v) is 11.5. The average Bonchev–Trinajstić information content (AvgIpc) is 2.84. The highest BCUT2D eigenvalue weighted by Crippen LogP contribution is 2.32. The fraction of sp³-hybridized carbons (Fsp3) is 0.440. The van der Waals surface area contributed by atoms with Gasteiger partial charge in [0.1, 0.15) is 24.1 Å². The minimum atomic E-state index is -0.975. The van der Waals surface area contributed by atoms with Crippen molar-refractivity contribution in [3.05, 3.63) is 68.8 Å². The van der Waals surface area contributed by atoms with E-state index in [1.165, 1.54) is 22.5 Å². The maximum atomic E-state index is 13.0. The molecule has 3 aromatic rings. The molecule has 1 N–H and O–H groups in total. The van der Waals surface area contributed by atoms with Gasteiger partial charge in [-0.2, -0.15) is 0 Å². The second-order valence-corrected chi connectivity index (χ2v) is 9.66. The van der Waals surface area contributed by atoms with E-state index in [0.717, 1.165) is 0 Å². The second kappa shape index (κ2) is 10.0. The maximum Gasteiger partial charge on any atom is 0.293 e. The molecule has 0 bridgehead atoms. The molecular formula is C25H30N4O6. The predicted octanol–water partition coefficient (Wildman–Crippen LogP) is 2.88. The molecule has 4 rings (SSSR count). The van der Waals surface area contributed by atoms with Crippen LogP contribution in [-0.4, -0.2) is 58.6 Å². The minimum Gasteiger partial charge on any atom is -0.491 e. The lowest BCUT2D eigenvalue weighted by Crippen LogP contribution is -2.36. The van der Waals surface area contributed by atoms with E-state index in [2.05, 4.69) is 25.8 Å². The molecule has 0 spiro atoms. The van der Waals surface area contributed by atoms with Gasteiger partial charge in [-0.15, -0.1) is 0 Å². The van der Waals surface area contributed by atoms with E-state index in [1.807, 2.05) is 29.2 Å². The highest BCUT2D eigenvalue weighted by atomic mass is 16.6. The Balaban J connectivity index is 1.50. The number of fused-ring (bicyclic) bond motifs is 1. The summed E-state index contributed by atoms with van der Waals surface area (Å²) in [6, 6.07) is 10.5. The van der Waals surface area contributed by atoms with Crippen molar-refractivity contribution >= 4 is 22.3 Å². The third-order valence-corrected chi connectivity index (χ3v) is 6.04. The summed E-state index contributed by atoms with van der Waals surface area (Å²) in [5, 5.41) is 22.3. The molecule has 186 valence electrons. The number of benzene rings is 2. The molecule has 1 aliphatic heterocycles. The molecule has 0 unspecified atom stereocenters. The van der Waals surface area contributed by atoms with Crippen molar-refractivity contribution < 1.29 is 19.5 Å². The van der Waals surface area contributed by atoms with Crippen LogP contribution in [0.4, 0.5) is 11.4 Å². The number of anilines is 1. The molecule has 1 atom stereocenters. The summed E-state index contributed by atoms with van der Waals surface area (Å²) in [6.07, 6.45) is 0.373. The summed E-state index contributed by atoms with van der Waals surface area (Å²) in [5.41, 5.74) is 1.37. The number of rotatable bonds is 7. The number of hydrogen-bond donors (Lipinski definition) is 1. The summed E-state index contributed by atoms with van der Waals surface area (Å²) >= 11 is 0. The number of aliphatic hydroxyl groups is 1.